The van der Waals surface area contributed by atoms with Gasteiger partial charge in [0.25, 0.3) is 5.91 Å². The van der Waals surface area contributed by atoms with Gasteiger partial charge in [-0.1, -0.05) is 6.07 Å². The van der Waals surface area contributed by atoms with Gasteiger partial charge in [0.2, 0.25) is 0 Å². The molecule has 3 amide bonds. The zero-order valence-electron chi connectivity index (χ0n) is 9.42. The molecule has 0 unspecified atom stereocenters. The van der Waals surface area contributed by atoms with Gasteiger partial charge in [0.05, 0.1) is 5.56 Å². The van der Waals surface area contributed by atoms with E-state index in [4.69, 9.17) is 5.73 Å². The van der Waals surface area contributed by atoms with E-state index in [1.807, 2.05) is 0 Å². The van der Waals surface area contributed by atoms with Crippen LogP contribution in [-0.2, 0) is 0 Å². The molecule has 1 rings (SSSR count). The van der Waals surface area contributed by atoms with E-state index in [1.54, 1.807) is 13.0 Å². The number of nitrogens with two attached hydrogens (primary N) is 1. The fraction of sp³-hybridized carbons (Fsp3) is 0.273. The minimum Gasteiger partial charge on any atom is -0.352 e. The molecule has 0 aromatic heterocycles. The molecule has 0 bridgehead atoms. The quantitative estimate of drug-likeness (QED) is 0.670. The first-order valence-corrected chi connectivity index (χ1v) is 5.08. The Kier molecular flexibility index (Phi) is 4.45. The zero-order valence-corrected chi connectivity index (χ0v) is 9.42. The number of halogens is 1. The van der Waals surface area contributed by atoms with Crippen molar-refractivity contribution < 1.29 is 14.0 Å². The lowest BCUT2D eigenvalue weighted by molar-refractivity contribution is 0.0950. The van der Waals surface area contributed by atoms with Gasteiger partial charge in [0.15, 0.2) is 0 Å². The van der Waals surface area contributed by atoms with E-state index in [2.05, 4.69) is 10.6 Å². The van der Waals surface area contributed by atoms with E-state index in [0.717, 1.165) is 5.56 Å². The molecule has 0 aliphatic carbocycles. The van der Waals surface area contributed by atoms with Gasteiger partial charge in [0, 0.05) is 13.1 Å². The highest BCUT2D eigenvalue weighted by molar-refractivity contribution is 5.94. The SMILES string of the molecule is Cc1ccc(C(=O)NCCNC(N)=O)c(F)c1. The lowest BCUT2D eigenvalue weighted by Gasteiger charge is -2.06. The number of urea groups is 1. The van der Waals surface area contributed by atoms with Crippen LogP contribution in [0, 0.1) is 12.7 Å². The van der Waals surface area contributed by atoms with Gasteiger partial charge >= 0.3 is 6.03 Å². The van der Waals surface area contributed by atoms with Gasteiger partial charge in [-0.05, 0) is 24.6 Å². The minimum absolute atomic E-state index is 0.0188. The smallest absolute Gasteiger partial charge is 0.312 e. The molecule has 17 heavy (non-hydrogen) atoms. The molecule has 0 saturated heterocycles. The zero-order chi connectivity index (χ0) is 12.8. The van der Waals surface area contributed by atoms with Gasteiger partial charge in [-0.15, -0.1) is 0 Å². The highest BCUT2D eigenvalue weighted by atomic mass is 19.1. The molecular weight excluding hydrogens is 225 g/mol. The van der Waals surface area contributed by atoms with Crippen molar-refractivity contribution in [3.05, 3.63) is 35.1 Å². The molecule has 0 aliphatic rings. The summed E-state index contributed by atoms with van der Waals surface area (Å²) in [5.74, 6) is -1.08. The Hall–Kier alpha value is -2.11. The van der Waals surface area contributed by atoms with Crippen LogP contribution in [0.4, 0.5) is 9.18 Å². The number of hydrogen-bond donors (Lipinski definition) is 3. The second-order valence-electron chi connectivity index (χ2n) is 3.53. The van der Waals surface area contributed by atoms with Gasteiger partial charge in [-0.3, -0.25) is 4.79 Å². The topological polar surface area (TPSA) is 84.2 Å². The first kappa shape index (κ1) is 13.0. The Bertz CT molecular complexity index is 435. The Morgan fingerprint density at radius 1 is 1.29 bits per heavy atom. The van der Waals surface area contributed by atoms with Crippen molar-refractivity contribution in [2.24, 2.45) is 5.73 Å². The average molecular weight is 239 g/mol. The van der Waals surface area contributed by atoms with Crippen molar-refractivity contribution in [3.8, 4) is 0 Å². The average Bonchev–Trinajstić information content (AvgIpc) is 2.23. The Morgan fingerprint density at radius 2 is 1.94 bits per heavy atom. The number of carbonyl (C=O) groups excluding carboxylic acids is 2. The molecule has 6 heteroatoms. The molecule has 0 saturated carbocycles. The van der Waals surface area contributed by atoms with E-state index < -0.39 is 17.8 Å². The number of aryl methyl sites for hydroxylation is 1. The van der Waals surface area contributed by atoms with Crippen LogP contribution in [0.3, 0.4) is 0 Å². The van der Waals surface area contributed by atoms with Crippen LogP contribution in [0.15, 0.2) is 18.2 Å². The first-order chi connectivity index (χ1) is 8.00. The van der Waals surface area contributed by atoms with Gasteiger partial charge in [-0.2, -0.15) is 0 Å². The third-order valence-corrected chi connectivity index (χ3v) is 2.08. The van der Waals surface area contributed by atoms with E-state index in [1.165, 1.54) is 12.1 Å². The third kappa shape index (κ3) is 4.10. The normalized spacial score (nSPS) is 9.76. The van der Waals surface area contributed by atoms with Crippen molar-refractivity contribution in [1.29, 1.82) is 0 Å². The summed E-state index contributed by atoms with van der Waals surface area (Å²) in [4.78, 5) is 21.9. The second-order valence-corrected chi connectivity index (χ2v) is 3.53. The molecule has 5 nitrogen and oxygen atoms in total. The number of hydrogen-bond acceptors (Lipinski definition) is 2. The summed E-state index contributed by atoms with van der Waals surface area (Å²) in [6.07, 6.45) is 0. The van der Waals surface area contributed by atoms with Gasteiger partial charge in [-0.25, -0.2) is 9.18 Å². The highest BCUT2D eigenvalue weighted by Crippen LogP contribution is 2.09. The molecular formula is C11H14FN3O2. The van der Waals surface area contributed by atoms with Gasteiger partial charge in [0.1, 0.15) is 5.82 Å². The third-order valence-electron chi connectivity index (χ3n) is 2.08. The summed E-state index contributed by atoms with van der Waals surface area (Å²) < 4.78 is 13.4. The van der Waals surface area contributed by atoms with E-state index in [9.17, 15) is 14.0 Å². The van der Waals surface area contributed by atoms with Gasteiger partial charge < -0.3 is 16.4 Å². The standard InChI is InChI=1S/C11H14FN3O2/c1-7-2-3-8(9(12)6-7)10(16)14-4-5-15-11(13)17/h2-3,6H,4-5H2,1H3,(H,14,16)(H3,13,15,17). The Morgan fingerprint density at radius 3 is 2.53 bits per heavy atom. The van der Waals surface area contributed by atoms with E-state index in [-0.39, 0.29) is 18.7 Å². The molecule has 0 heterocycles. The second kappa shape index (κ2) is 5.83. The number of primary amides is 1. The Balaban J connectivity index is 2.50. The van der Waals surface area contributed by atoms with Crippen LogP contribution >= 0.6 is 0 Å². The summed E-state index contributed by atoms with van der Waals surface area (Å²) in [5.41, 5.74) is 5.56. The molecule has 0 spiro atoms. The summed E-state index contributed by atoms with van der Waals surface area (Å²) >= 11 is 0. The van der Waals surface area contributed by atoms with Crippen molar-refractivity contribution in [1.82, 2.24) is 10.6 Å². The van der Waals surface area contributed by atoms with Crippen LogP contribution in [-0.4, -0.2) is 25.0 Å². The van der Waals surface area contributed by atoms with Crippen LogP contribution in [0.5, 0.6) is 0 Å². The molecule has 0 atom stereocenters. The molecule has 1 aromatic rings. The van der Waals surface area contributed by atoms with Crippen LogP contribution < -0.4 is 16.4 Å². The lowest BCUT2D eigenvalue weighted by Crippen LogP contribution is -2.37. The number of carbonyl (C=O) groups is 2. The van der Waals surface area contributed by atoms with E-state index in [0.29, 0.717) is 0 Å². The molecule has 92 valence electrons. The predicted molar refractivity (Wildman–Crippen MR) is 61.1 cm³/mol. The maximum absolute atomic E-state index is 13.4. The molecule has 1 aromatic carbocycles. The minimum atomic E-state index is -0.666. The number of amides is 3. The summed E-state index contributed by atoms with van der Waals surface area (Å²) in [5, 5.41) is 4.77. The fourth-order valence-corrected chi connectivity index (χ4v) is 1.26. The summed E-state index contributed by atoms with van der Waals surface area (Å²) in [6, 6.07) is 3.69. The highest BCUT2D eigenvalue weighted by Gasteiger charge is 2.10. The van der Waals surface area contributed by atoms with Crippen molar-refractivity contribution in [2.75, 3.05) is 13.1 Å². The molecule has 0 aliphatic heterocycles. The lowest BCUT2D eigenvalue weighted by atomic mass is 10.1. The number of nitrogens with one attached hydrogen (secondary N) is 2. The van der Waals surface area contributed by atoms with Crippen molar-refractivity contribution >= 4 is 11.9 Å². The largest absolute Gasteiger partial charge is 0.352 e. The first-order valence-electron chi connectivity index (χ1n) is 5.08. The summed E-state index contributed by atoms with van der Waals surface area (Å²) in [6.45, 7) is 2.13. The maximum atomic E-state index is 13.4. The molecule has 0 radical (unpaired) electrons. The van der Waals surface area contributed by atoms with Crippen LogP contribution in [0.1, 0.15) is 15.9 Å². The van der Waals surface area contributed by atoms with Crippen molar-refractivity contribution in [3.63, 3.8) is 0 Å². The summed E-state index contributed by atoms with van der Waals surface area (Å²) in [7, 11) is 0. The Labute approximate surface area is 98.2 Å². The fourth-order valence-electron chi connectivity index (χ4n) is 1.26. The number of benzene rings is 1. The van der Waals surface area contributed by atoms with E-state index >= 15 is 0 Å². The molecule has 0 fully saturated rings. The van der Waals surface area contributed by atoms with Crippen molar-refractivity contribution in [2.45, 2.75) is 6.92 Å². The van der Waals surface area contributed by atoms with Crippen LogP contribution in [0.25, 0.3) is 0 Å². The monoisotopic (exact) mass is 239 g/mol. The number of rotatable bonds is 4. The predicted octanol–water partition coefficient (Wildman–Crippen LogP) is 0.532. The molecule has 4 N–H and O–H groups in total. The maximum Gasteiger partial charge on any atom is 0.312 e. The van der Waals surface area contributed by atoms with Crippen LogP contribution in [0.2, 0.25) is 0 Å².